The maximum atomic E-state index is 13.2. The Bertz CT molecular complexity index is 1170. The second-order valence-electron chi connectivity index (χ2n) is 8.12. The number of rotatable bonds is 5. The van der Waals surface area contributed by atoms with Crippen LogP contribution in [-0.4, -0.2) is 40.3 Å². The summed E-state index contributed by atoms with van der Waals surface area (Å²) < 4.78 is 30.2. The predicted molar refractivity (Wildman–Crippen MR) is 112 cm³/mol. The highest BCUT2D eigenvalue weighted by Gasteiger charge is 2.34. The fourth-order valence-corrected chi connectivity index (χ4v) is 6.37. The molecule has 2 aromatic heterocycles. The van der Waals surface area contributed by atoms with Crippen molar-refractivity contribution in [1.29, 1.82) is 0 Å². The summed E-state index contributed by atoms with van der Waals surface area (Å²) in [5.74, 6) is 1.28. The van der Waals surface area contributed by atoms with Crippen molar-refractivity contribution in [2.45, 2.75) is 50.5 Å². The molecule has 5 rings (SSSR count). The molecule has 1 fully saturated rings. The third-order valence-electron chi connectivity index (χ3n) is 6.33. The van der Waals surface area contributed by atoms with Crippen molar-refractivity contribution in [1.82, 2.24) is 18.8 Å². The van der Waals surface area contributed by atoms with Crippen molar-refractivity contribution in [3.63, 3.8) is 0 Å². The molecular weight excluding hydrogens is 384 g/mol. The lowest BCUT2D eigenvalue weighted by molar-refractivity contribution is 0.450. The van der Waals surface area contributed by atoms with Gasteiger partial charge in [0.05, 0.1) is 4.90 Å². The molecule has 1 atom stereocenters. The molecule has 1 unspecified atom stereocenters. The van der Waals surface area contributed by atoms with Gasteiger partial charge in [0, 0.05) is 32.3 Å². The normalized spacial score (nSPS) is 19.8. The molecule has 1 aromatic carbocycles. The Labute approximate surface area is 171 Å². The van der Waals surface area contributed by atoms with Crippen molar-refractivity contribution in [3.8, 4) is 0 Å². The number of imidazole rings is 1. The minimum absolute atomic E-state index is 0.279. The van der Waals surface area contributed by atoms with E-state index in [-0.39, 0.29) is 5.92 Å². The van der Waals surface area contributed by atoms with Crippen LogP contribution in [0.4, 0.5) is 0 Å². The number of aryl methyl sites for hydroxylation is 3. The summed E-state index contributed by atoms with van der Waals surface area (Å²) in [6.07, 6.45) is 6.61. The van der Waals surface area contributed by atoms with Crippen LogP contribution in [-0.2, 0) is 35.8 Å². The molecule has 6 nitrogen and oxygen atoms in total. The van der Waals surface area contributed by atoms with E-state index in [2.05, 4.69) is 16.5 Å². The summed E-state index contributed by atoms with van der Waals surface area (Å²) >= 11 is 0. The number of aromatic nitrogens is 3. The Kier molecular flexibility index (Phi) is 4.67. The van der Waals surface area contributed by atoms with E-state index in [4.69, 9.17) is 4.98 Å². The number of pyridine rings is 1. The highest BCUT2D eigenvalue weighted by atomic mass is 32.2. The Morgan fingerprint density at radius 3 is 2.90 bits per heavy atom. The van der Waals surface area contributed by atoms with E-state index < -0.39 is 10.0 Å². The fraction of sp³-hybridized carbons (Fsp3) is 0.455. The molecule has 0 N–H and O–H groups in total. The van der Waals surface area contributed by atoms with Gasteiger partial charge in [0.25, 0.3) is 0 Å². The van der Waals surface area contributed by atoms with E-state index in [9.17, 15) is 8.42 Å². The van der Waals surface area contributed by atoms with Gasteiger partial charge < -0.3 is 4.57 Å². The average molecular weight is 411 g/mol. The summed E-state index contributed by atoms with van der Waals surface area (Å²) in [6.45, 7) is 4.04. The van der Waals surface area contributed by atoms with Crippen molar-refractivity contribution in [3.05, 3.63) is 53.5 Å². The van der Waals surface area contributed by atoms with Gasteiger partial charge in [-0.25, -0.2) is 18.4 Å². The van der Waals surface area contributed by atoms with Gasteiger partial charge in [-0.3, -0.25) is 0 Å². The standard InChI is InChI=1S/C22H26N4O2S/c1-2-26-21(24-20-7-4-11-23-22(20)26)13-16-10-12-25(15-16)29(27,28)19-9-8-17-5-3-6-18(17)14-19/h4,7-9,11,14,16H,2-3,5-6,10,12-13,15H2,1H3. The molecule has 29 heavy (non-hydrogen) atoms. The van der Waals surface area contributed by atoms with Crippen LogP contribution in [0.25, 0.3) is 11.2 Å². The lowest BCUT2D eigenvalue weighted by Crippen LogP contribution is -2.29. The molecular formula is C22H26N4O2S. The van der Waals surface area contributed by atoms with Gasteiger partial charge in [-0.15, -0.1) is 0 Å². The van der Waals surface area contributed by atoms with Crippen LogP contribution in [0.5, 0.6) is 0 Å². The molecule has 0 amide bonds. The largest absolute Gasteiger partial charge is 0.313 e. The van der Waals surface area contributed by atoms with Gasteiger partial charge in [0.1, 0.15) is 11.3 Å². The van der Waals surface area contributed by atoms with E-state index in [1.165, 1.54) is 11.1 Å². The molecule has 3 heterocycles. The number of sulfonamides is 1. The molecule has 0 bridgehead atoms. The summed E-state index contributed by atoms with van der Waals surface area (Å²) in [7, 11) is -3.43. The van der Waals surface area contributed by atoms with Gasteiger partial charge >= 0.3 is 0 Å². The topological polar surface area (TPSA) is 68.1 Å². The zero-order valence-corrected chi connectivity index (χ0v) is 17.5. The van der Waals surface area contributed by atoms with E-state index in [0.717, 1.165) is 55.6 Å². The molecule has 1 saturated heterocycles. The van der Waals surface area contributed by atoms with Crippen LogP contribution < -0.4 is 0 Å². The smallest absolute Gasteiger partial charge is 0.243 e. The first kappa shape index (κ1) is 18.8. The van der Waals surface area contributed by atoms with Crippen LogP contribution in [0.3, 0.4) is 0 Å². The van der Waals surface area contributed by atoms with Crippen LogP contribution in [0.2, 0.25) is 0 Å². The van der Waals surface area contributed by atoms with E-state index >= 15 is 0 Å². The monoisotopic (exact) mass is 410 g/mol. The molecule has 1 aliphatic carbocycles. The minimum Gasteiger partial charge on any atom is -0.313 e. The summed E-state index contributed by atoms with van der Waals surface area (Å²) in [4.78, 5) is 9.68. The molecule has 7 heteroatoms. The number of hydrogen-bond donors (Lipinski definition) is 0. The van der Waals surface area contributed by atoms with Crippen LogP contribution in [0, 0.1) is 5.92 Å². The summed E-state index contributed by atoms with van der Waals surface area (Å²) in [5, 5.41) is 0. The number of fused-ring (bicyclic) bond motifs is 2. The van der Waals surface area contributed by atoms with Crippen LogP contribution in [0.15, 0.2) is 41.4 Å². The first-order chi connectivity index (χ1) is 14.1. The van der Waals surface area contributed by atoms with Gasteiger partial charge in [0.15, 0.2) is 5.65 Å². The second-order valence-corrected chi connectivity index (χ2v) is 10.1. The van der Waals surface area contributed by atoms with Crippen molar-refractivity contribution in [2.24, 2.45) is 5.92 Å². The van der Waals surface area contributed by atoms with Gasteiger partial charge in [-0.05, 0) is 73.9 Å². The molecule has 3 aromatic rings. The Morgan fingerprint density at radius 2 is 2.03 bits per heavy atom. The molecule has 152 valence electrons. The Hall–Kier alpha value is -2.25. The Morgan fingerprint density at radius 1 is 1.17 bits per heavy atom. The lowest BCUT2D eigenvalue weighted by atomic mass is 10.0. The van der Waals surface area contributed by atoms with Gasteiger partial charge in [-0.2, -0.15) is 4.31 Å². The van der Waals surface area contributed by atoms with Crippen molar-refractivity contribution in [2.75, 3.05) is 13.1 Å². The van der Waals surface area contributed by atoms with Crippen LogP contribution >= 0.6 is 0 Å². The minimum atomic E-state index is -3.43. The Balaban J connectivity index is 1.35. The third kappa shape index (κ3) is 3.26. The van der Waals surface area contributed by atoms with Gasteiger partial charge in [0.2, 0.25) is 10.0 Å². The number of benzene rings is 1. The quantitative estimate of drug-likeness (QED) is 0.648. The predicted octanol–water partition coefficient (Wildman–Crippen LogP) is 3.19. The lowest BCUT2D eigenvalue weighted by Gasteiger charge is -2.17. The third-order valence-corrected chi connectivity index (χ3v) is 8.19. The zero-order chi connectivity index (χ0) is 20.0. The first-order valence-corrected chi connectivity index (χ1v) is 11.9. The molecule has 0 saturated carbocycles. The van der Waals surface area contributed by atoms with Crippen molar-refractivity contribution < 1.29 is 8.42 Å². The summed E-state index contributed by atoms with van der Waals surface area (Å²) in [6, 6.07) is 9.57. The first-order valence-electron chi connectivity index (χ1n) is 10.5. The van der Waals surface area contributed by atoms with Crippen LogP contribution in [0.1, 0.15) is 36.7 Å². The maximum absolute atomic E-state index is 13.2. The highest BCUT2D eigenvalue weighted by Crippen LogP contribution is 2.30. The average Bonchev–Trinajstić information content (AvgIpc) is 3.45. The van der Waals surface area contributed by atoms with Crippen molar-refractivity contribution >= 4 is 21.2 Å². The SMILES string of the molecule is CCn1c(CC2CCN(S(=O)(=O)c3ccc4c(c3)CCC4)C2)nc2cccnc21. The van der Waals surface area contributed by atoms with E-state index in [1.54, 1.807) is 16.6 Å². The number of hydrogen-bond acceptors (Lipinski definition) is 4. The molecule has 0 radical (unpaired) electrons. The highest BCUT2D eigenvalue weighted by molar-refractivity contribution is 7.89. The van der Waals surface area contributed by atoms with E-state index in [0.29, 0.717) is 18.0 Å². The maximum Gasteiger partial charge on any atom is 0.243 e. The van der Waals surface area contributed by atoms with E-state index in [1.807, 2.05) is 24.3 Å². The second kappa shape index (κ2) is 7.22. The molecule has 0 spiro atoms. The fourth-order valence-electron chi connectivity index (χ4n) is 4.79. The summed E-state index contributed by atoms with van der Waals surface area (Å²) in [5.41, 5.74) is 4.32. The zero-order valence-electron chi connectivity index (χ0n) is 16.7. The van der Waals surface area contributed by atoms with Gasteiger partial charge in [-0.1, -0.05) is 6.07 Å². The molecule has 1 aliphatic heterocycles. The molecule has 2 aliphatic rings. The number of nitrogens with zero attached hydrogens (tertiary/aromatic N) is 4.